The number of piperidine rings is 1. The van der Waals surface area contributed by atoms with E-state index in [1.807, 2.05) is 0 Å². The van der Waals surface area contributed by atoms with E-state index in [4.69, 9.17) is 0 Å². The second kappa shape index (κ2) is 7.51. The summed E-state index contributed by atoms with van der Waals surface area (Å²) < 4.78 is 0.610. The molecule has 1 unspecified atom stereocenters. The molecule has 2 N–H and O–H groups in total. The van der Waals surface area contributed by atoms with Crippen molar-refractivity contribution < 1.29 is 9.72 Å². The Bertz CT molecular complexity index is 530. The molecule has 114 valence electrons. The number of benzene rings is 1. The average Bonchev–Trinajstić information content (AvgIpc) is 2.48. The molecule has 0 radical (unpaired) electrons. The molecule has 1 aliphatic rings. The minimum atomic E-state index is -0.497. The van der Waals surface area contributed by atoms with Gasteiger partial charge in [-0.15, -0.1) is 0 Å². The molecular formula is C14H18BrN3O3. The molecule has 0 saturated carbocycles. The third kappa shape index (κ3) is 4.78. The van der Waals surface area contributed by atoms with Gasteiger partial charge in [0.2, 0.25) is 5.91 Å². The topological polar surface area (TPSA) is 84.3 Å². The van der Waals surface area contributed by atoms with Gasteiger partial charge in [0.05, 0.1) is 4.92 Å². The van der Waals surface area contributed by atoms with Gasteiger partial charge in [0.25, 0.3) is 5.69 Å². The van der Waals surface area contributed by atoms with Crippen LogP contribution in [0.5, 0.6) is 0 Å². The van der Waals surface area contributed by atoms with Crippen molar-refractivity contribution in [3.05, 3.63) is 32.8 Å². The molecule has 1 aromatic rings. The van der Waals surface area contributed by atoms with Gasteiger partial charge in [0.1, 0.15) is 5.69 Å². The number of halogens is 1. The molecule has 1 saturated heterocycles. The third-order valence-electron chi connectivity index (χ3n) is 3.56. The highest BCUT2D eigenvalue weighted by Crippen LogP contribution is 2.28. The fourth-order valence-electron chi connectivity index (χ4n) is 2.45. The summed E-state index contributed by atoms with van der Waals surface area (Å²) in [4.78, 5) is 22.4. The Morgan fingerprint density at radius 2 is 2.29 bits per heavy atom. The third-order valence-corrected chi connectivity index (χ3v) is 4.06. The van der Waals surface area contributed by atoms with Crippen molar-refractivity contribution >= 4 is 33.2 Å². The van der Waals surface area contributed by atoms with E-state index in [2.05, 4.69) is 26.6 Å². The van der Waals surface area contributed by atoms with Crippen LogP contribution in [0.25, 0.3) is 0 Å². The first kappa shape index (κ1) is 15.9. The Morgan fingerprint density at radius 3 is 2.95 bits per heavy atom. The number of amides is 1. The number of anilines is 1. The second-order valence-corrected chi connectivity index (χ2v) is 6.07. The van der Waals surface area contributed by atoms with Crippen molar-refractivity contribution in [2.75, 3.05) is 11.9 Å². The molecule has 1 aliphatic heterocycles. The molecule has 0 spiro atoms. The summed E-state index contributed by atoms with van der Waals surface area (Å²) in [5.74, 6) is -0.187. The number of hydrogen-bond donors (Lipinski definition) is 2. The Labute approximate surface area is 131 Å². The summed E-state index contributed by atoms with van der Waals surface area (Å²) in [7, 11) is 0. The molecule has 2 rings (SSSR count). The van der Waals surface area contributed by atoms with Gasteiger partial charge in [-0.25, -0.2) is 0 Å². The summed E-state index contributed by atoms with van der Waals surface area (Å²) in [5, 5.41) is 17.0. The maximum Gasteiger partial charge on any atom is 0.293 e. The van der Waals surface area contributed by atoms with Crippen LogP contribution in [-0.4, -0.2) is 23.4 Å². The van der Waals surface area contributed by atoms with Gasteiger partial charge in [-0.3, -0.25) is 14.9 Å². The van der Waals surface area contributed by atoms with Gasteiger partial charge in [-0.05, 0) is 37.9 Å². The molecule has 6 nitrogen and oxygen atoms in total. The molecule has 0 aliphatic carbocycles. The van der Waals surface area contributed by atoms with Crippen LogP contribution in [0.4, 0.5) is 11.4 Å². The Morgan fingerprint density at radius 1 is 1.48 bits per heavy atom. The van der Waals surface area contributed by atoms with E-state index in [1.54, 1.807) is 12.1 Å². The summed E-state index contributed by atoms with van der Waals surface area (Å²) in [6.07, 6.45) is 4.60. The largest absolute Gasteiger partial charge is 0.320 e. The van der Waals surface area contributed by atoms with Crippen molar-refractivity contribution in [3.63, 3.8) is 0 Å². The number of rotatable bonds is 5. The van der Waals surface area contributed by atoms with E-state index in [0.717, 1.165) is 19.4 Å². The van der Waals surface area contributed by atoms with E-state index < -0.39 is 4.92 Å². The molecule has 1 amide bonds. The standard InChI is InChI=1S/C14H18BrN3O3/c15-10-4-6-12(13(9-10)18(20)21)17-14(19)7-5-11-3-1-2-8-16-11/h4,6,9,11,16H,1-3,5,7-8H2,(H,17,19). The molecule has 7 heteroatoms. The van der Waals surface area contributed by atoms with E-state index in [0.29, 0.717) is 16.9 Å². The predicted octanol–water partition coefficient (Wildman–Crippen LogP) is 3.22. The maximum absolute atomic E-state index is 11.9. The first-order valence-electron chi connectivity index (χ1n) is 7.03. The molecular weight excluding hydrogens is 338 g/mol. The van der Waals surface area contributed by atoms with Gasteiger partial charge in [-0.2, -0.15) is 0 Å². The fourth-order valence-corrected chi connectivity index (χ4v) is 2.80. The molecule has 1 fully saturated rings. The quantitative estimate of drug-likeness (QED) is 0.627. The van der Waals surface area contributed by atoms with Gasteiger partial charge in [0.15, 0.2) is 0 Å². The van der Waals surface area contributed by atoms with Crippen LogP contribution in [-0.2, 0) is 4.79 Å². The zero-order valence-electron chi connectivity index (χ0n) is 11.6. The first-order chi connectivity index (χ1) is 10.1. The average molecular weight is 356 g/mol. The van der Waals surface area contributed by atoms with Gasteiger partial charge in [0, 0.05) is 23.0 Å². The predicted molar refractivity (Wildman–Crippen MR) is 84.3 cm³/mol. The molecule has 1 heterocycles. The lowest BCUT2D eigenvalue weighted by Gasteiger charge is -2.23. The van der Waals surface area contributed by atoms with Crippen LogP contribution in [0.2, 0.25) is 0 Å². The van der Waals surface area contributed by atoms with Gasteiger partial charge in [-0.1, -0.05) is 22.4 Å². The van der Waals surface area contributed by atoms with Crippen LogP contribution < -0.4 is 10.6 Å². The maximum atomic E-state index is 11.9. The monoisotopic (exact) mass is 355 g/mol. The number of carbonyl (C=O) groups is 1. The number of nitro groups is 1. The smallest absolute Gasteiger partial charge is 0.293 e. The van der Waals surface area contributed by atoms with E-state index >= 15 is 0 Å². The minimum absolute atomic E-state index is 0.103. The van der Waals surface area contributed by atoms with Crippen molar-refractivity contribution in [1.82, 2.24) is 5.32 Å². The van der Waals surface area contributed by atoms with Gasteiger partial charge >= 0.3 is 0 Å². The SMILES string of the molecule is O=C(CCC1CCCCN1)Nc1ccc(Br)cc1[N+](=O)[O-]. The Balaban J connectivity index is 1.91. The second-order valence-electron chi connectivity index (χ2n) is 5.15. The highest BCUT2D eigenvalue weighted by atomic mass is 79.9. The molecule has 0 bridgehead atoms. The normalized spacial score (nSPS) is 18.2. The van der Waals surface area contributed by atoms with E-state index in [1.165, 1.54) is 18.9 Å². The molecule has 0 aromatic heterocycles. The molecule has 1 aromatic carbocycles. The Hall–Kier alpha value is -1.47. The zero-order chi connectivity index (χ0) is 15.2. The van der Waals surface area contributed by atoms with Crippen LogP contribution in [0.3, 0.4) is 0 Å². The van der Waals surface area contributed by atoms with Crippen molar-refractivity contribution in [2.45, 2.75) is 38.1 Å². The number of carbonyl (C=O) groups excluding carboxylic acids is 1. The molecule has 21 heavy (non-hydrogen) atoms. The first-order valence-corrected chi connectivity index (χ1v) is 7.83. The van der Waals surface area contributed by atoms with Crippen LogP contribution >= 0.6 is 15.9 Å². The lowest BCUT2D eigenvalue weighted by molar-refractivity contribution is -0.384. The van der Waals surface area contributed by atoms with Crippen LogP contribution in [0.1, 0.15) is 32.1 Å². The highest BCUT2D eigenvalue weighted by molar-refractivity contribution is 9.10. The number of hydrogen-bond acceptors (Lipinski definition) is 4. The summed E-state index contributed by atoms with van der Waals surface area (Å²) >= 11 is 3.19. The fraction of sp³-hybridized carbons (Fsp3) is 0.500. The summed E-state index contributed by atoms with van der Waals surface area (Å²) in [5.41, 5.74) is 0.137. The van der Waals surface area contributed by atoms with Crippen molar-refractivity contribution in [1.29, 1.82) is 0 Å². The molecule has 1 atom stereocenters. The minimum Gasteiger partial charge on any atom is -0.320 e. The van der Waals surface area contributed by atoms with E-state index in [-0.39, 0.29) is 17.3 Å². The van der Waals surface area contributed by atoms with Gasteiger partial charge < -0.3 is 10.6 Å². The van der Waals surface area contributed by atoms with Crippen molar-refractivity contribution in [3.8, 4) is 0 Å². The Kier molecular flexibility index (Phi) is 5.69. The van der Waals surface area contributed by atoms with Crippen molar-refractivity contribution in [2.24, 2.45) is 0 Å². The van der Waals surface area contributed by atoms with Crippen LogP contribution in [0.15, 0.2) is 22.7 Å². The summed E-state index contributed by atoms with van der Waals surface area (Å²) in [6, 6.07) is 4.98. The number of nitro benzene ring substituents is 1. The lowest BCUT2D eigenvalue weighted by atomic mass is 10.0. The number of nitrogens with one attached hydrogen (secondary N) is 2. The van der Waals surface area contributed by atoms with E-state index in [9.17, 15) is 14.9 Å². The highest BCUT2D eigenvalue weighted by Gasteiger charge is 2.18. The lowest BCUT2D eigenvalue weighted by Crippen LogP contribution is -2.34. The number of nitrogens with zero attached hydrogens (tertiary/aromatic N) is 1. The summed E-state index contributed by atoms with van der Waals surface area (Å²) in [6.45, 7) is 1.00. The van der Waals surface area contributed by atoms with Crippen LogP contribution in [0, 0.1) is 10.1 Å². The zero-order valence-corrected chi connectivity index (χ0v) is 13.2.